The molecule has 2 aromatic carbocycles. The van der Waals surface area contributed by atoms with Crippen molar-refractivity contribution < 1.29 is 41.9 Å². The highest BCUT2D eigenvalue weighted by Crippen LogP contribution is 2.53. The number of aliphatic hydroxyl groups is 1. The number of nitrogens with one attached hydrogen (secondary N) is 3. The van der Waals surface area contributed by atoms with Crippen molar-refractivity contribution >= 4 is 50.2 Å². The highest BCUT2D eigenvalue weighted by molar-refractivity contribution is 7.90. The average molecular weight is 997 g/mol. The summed E-state index contributed by atoms with van der Waals surface area (Å²) in [6, 6.07) is 15.4. The van der Waals surface area contributed by atoms with Gasteiger partial charge in [0.25, 0.3) is 21.8 Å². The molecular formula is C50H61FN10O9S. The quantitative estimate of drug-likeness (QED) is 0.0531. The van der Waals surface area contributed by atoms with Crippen LogP contribution in [0.25, 0.3) is 11.0 Å². The van der Waals surface area contributed by atoms with Crippen LogP contribution in [0.15, 0.2) is 71.9 Å². The number of carbonyl (C=O) groups is 2. The number of halogens is 1. The van der Waals surface area contributed by atoms with Gasteiger partial charge in [0.15, 0.2) is 5.75 Å². The highest BCUT2D eigenvalue weighted by atomic mass is 32.2. The van der Waals surface area contributed by atoms with Gasteiger partial charge in [-0.2, -0.15) is 4.98 Å². The molecule has 21 heteroatoms. The molecule has 1 spiro atoms. The number of primary amides is 1. The fraction of sp³-hybridized carbons (Fsp3) is 0.480. The minimum absolute atomic E-state index is 0.0281. The summed E-state index contributed by atoms with van der Waals surface area (Å²) in [4.78, 5) is 55.0. The number of carbonyl (C=O) groups excluding carboxylic acids is 2. The molecule has 3 aromatic heterocycles. The number of piperazine rings is 1. The number of H-pyrrole nitrogens is 1. The first-order valence-corrected chi connectivity index (χ1v) is 25.7. The maximum absolute atomic E-state index is 14.8. The normalized spacial score (nSPS) is 21.8. The van der Waals surface area contributed by atoms with Gasteiger partial charge in [-0.1, -0.05) is 38.1 Å². The molecule has 378 valence electrons. The van der Waals surface area contributed by atoms with E-state index in [0.717, 1.165) is 50.7 Å². The van der Waals surface area contributed by atoms with Gasteiger partial charge in [-0.3, -0.25) is 19.8 Å². The lowest BCUT2D eigenvalue weighted by molar-refractivity contribution is -0.384. The number of nitrogens with zero attached hydrogens (tertiary/aromatic N) is 6. The molecule has 3 amide bonds. The number of rotatable bonds is 14. The number of nitro groups is 1. The Bertz CT molecular complexity index is 2940. The Labute approximate surface area is 411 Å². The van der Waals surface area contributed by atoms with E-state index in [-0.39, 0.29) is 57.2 Å². The second kappa shape index (κ2) is 19.6. The fourth-order valence-corrected chi connectivity index (χ4v) is 11.9. The summed E-state index contributed by atoms with van der Waals surface area (Å²) in [6.45, 7) is 9.70. The molecule has 4 fully saturated rings. The van der Waals surface area contributed by atoms with Crippen molar-refractivity contribution in [3.05, 3.63) is 99.6 Å². The topological polar surface area (TPSA) is 251 Å². The Morgan fingerprint density at radius 3 is 2.46 bits per heavy atom. The number of benzene rings is 2. The molecule has 2 saturated heterocycles. The van der Waals surface area contributed by atoms with Gasteiger partial charge >= 0.3 is 11.7 Å². The van der Waals surface area contributed by atoms with E-state index < -0.39 is 48.9 Å². The van der Waals surface area contributed by atoms with Crippen LogP contribution in [0.3, 0.4) is 0 Å². The van der Waals surface area contributed by atoms with Crippen molar-refractivity contribution in [2.45, 2.75) is 101 Å². The molecule has 4 aliphatic rings. The maximum Gasteiger partial charge on any atom is 0.314 e. The first-order valence-electron chi connectivity index (χ1n) is 24.2. The molecular weight excluding hydrogens is 936 g/mol. The zero-order valence-corrected chi connectivity index (χ0v) is 41.1. The number of nitrogens with two attached hydrogens (primary N) is 1. The van der Waals surface area contributed by atoms with E-state index in [2.05, 4.69) is 68.2 Å². The number of methoxy groups -OCH3 is 1. The molecule has 1 atom stereocenters. The predicted molar refractivity (Wildman–Crippen MR) is 264 cm³/mol. The van der Waals surface area contributed by atoms with Gasteiger partial charge < -0.3 is 40.4 Å². The third-order valence-electron chi connectivity index (χ3n) is 15.2. The lowest BCUT2D eigenvalue weighted by Gasteiger charge is -2.58. The summed E-state index contributed by atoms with van der Waals surface area (Å²) in [5, 5.41) is 25.6. The first kappa shape index (κ1) is 49.4. The lowest BCUT2D eigenvalue weighted by Crippen LogP contribution is -2.61. The number of urea groups is 1. The van der Waals surface area contributed by atoms with Crippen LogP contribution in [-0.4, -0.2) is 113 Å². The Morgan fingerprint density at radius 1 is 1.04 bits per heavy atom. The molecule has 9 rings (SSSR count). The average Bonchev–Trinajstić information content (AvgIpc) is 3.70. The van der Waals surface area contributed by atoms with Gasteiger partial charge in [0.05, 0.1) is 40.8 Å². The number of hydrogen-bond acceptors (Lipinski definition) is 14. The highest BCUT2D eigenvalue weighted by Gasteiger charge is 2.50. The number of hydrogen-bond donors (Lipinski definition) is 5. The van der Waals surface area contributed by atoms with Crippen LogP contribution in [0, 0.1) is 27.3 Å². The number of ether oxygens (including phenoxy) is 2. The summed E-state index contributed by atoms with van der Waals surface area (Å²) in [5.74, 6) is -1.54. The van der Waals surface area contributed by atoms with E-state index in [4.69, 9.17) is 15.2 Å². The summed E-state index contributed by atoms with van der Waals surface area (Å²) < 4.78 is 56.3. The predicted octanol–water partition coefficient (Wildman–Crippen LogP) is 7.59. The van der Waals surface area contributed by atoms with E-state index in [0.29, 0.717) is 76.1 Å². The molecule has 2 saturated carbocycles. The van der Waals surface area contributed by atoms with E-state index in [1.54, 1.807) is 24.0 Å². The van der Waals surface area contributed by atoms with Crippen molar-refractivity contribution in [3.8, 4) is 17.4 Å². The third-order valence-corrected chi connectivity index (χ3v) is 16.5. The van der Waals surface area contributed by atoms with Crippen LogP contribution in [-0.2, 0) is 10.0 Å². The van der Waals surface area contributed by atoms with Crippen LogP contribution in [0.1, 0.15) is 106 Å². The number of piperidine rings is 1. The van der Waals surface area contributed by atoms with E-state index >= 15 is 0 Å². The number of aromatic amines is 1. The molecule has 5 heterocycles. The Morgan fingerprint density at radius 2 is 1.77 bits per heavy atom. The van der Waals surface area contributed by atoms with E-state index in [1.807, 2.05) is 4.72 Å². The summed E-state index contributed by atoms with van der Waals surface area (Å²) in [7, 11) is -3.39. The molecule has 6 N–H and O–H groups in total. The number of sulfonamides is 1. The van der Waals surface area contributed by atoms with E-state index in [1.165, 1.54) is 30.4 Å². The van der Waals surface area contributed by atoms with Gasteiger partial charge in [0, 0.05) is 75.4 Å². The smallest absolute Gasteiger partial charge is 0.314 e. The Hall–Kier alpha value is -6.58. The largest absolute Gasteiger partial charge is 0.478 e. The first-order chi connectivity index (χ1) is 33.8. The van der Waals surface area contributed by atoms with Gasteiger partial charge in [-0.25, -0.2) is 27.3 Å². The molecule has 71 heavy (non-hydrogen) atoms. The van der Waals surface area contributed by atoms with Crippen LogP contribution >= 0.6 is 0 Å². The zero-order valence-electron chi connectivity index (χ0n) is 40.3. The third kappa shape index (κ3) is 10.3. The van der Waals surface area contributed by atoms with Gasteiger partial charge in [-0.05, 0) is 98.8 Å². The Kier molecular flexibility index (Phi) is 13.6. The van der Waals surface area contributed by atoms with Crippen molar-refractivity contribution in [1.82, 2.24) is 29.5 Å². The van der Waals surface area contributed by atoms with Crippen molar-refractivity contribution in [3.63, 3.8) is 0 Å². The van der Waals surface area contributed by atoms with Crippen LogP contribution in [0.2, 0.25) is 0 Å². The minimum Gasteiger partial charge on any atom is -0.478 e. The lowest BCUT2D eigenvalue weighted by atomic mass is 9.59. The number of anilines is 2. The number of pyridine rings is 2. The summed E-state index contributed by atoms with van der Waals surface area (Å²) in [6.07, 6.45) is 8.47. The van der Waals surface area contributed by atoms with Crippen molar-refractivity contribution in [2.24, 2.45) is 17.1 Å². The van der Waals surface area contributed by atoms with Gasteiger partial charge in [0.2, 0.25) is 5.82 Å². The molecule has 0 unspecified atom stereocenters. The molecule has 2 aliphatic carbocycles. The molecule has 2 aliphatic heterocycles. The Balaban J connectivity index is 0.931. The van der Waals surface area contributed by atoms with Gasteiger partial charge in [-0.15, -0.1) is 0 Å². The second-order valence-electron chi connectivity index (χ2n) is 20.2. The minimum atomic E-state index is -4.75. The SMILES string of the molecule is COc1nc2[nH]cc(F)c2cc1Oc1cc(N2CCC3(CC2)CC(N2CCN(C(N)=O)C[C@H]2c2ccccc2C(C)C)C3)ccc1C(=O)NS(=O)(=O)c1cnc(NCC2CCC(C)(O)CC2)c([N+](=O)[O-])c1. The van der Waals surface area contributed by atoms with Gasteiger partial charge in [0.1, 0.15) is 22.1 Å². The fourth-order valence-electron chi connectivity index (χ4n) is 11.0. The number of fused-ring (bicyclic) bond motifs is 1. The molecule has 0 radical (unpaired) electrons. The summed E-state index contributed by atoms with van der Waals surface area (Å²) >= 11 is 0. The number of amides is 3. The van der Waals surface area contributed by atoms with Crippen molar-refractivity contribution in [1.29, 1.82) is 0 Å². The van der Waals surface area contributed by atoms with Crippen LogP contribution in [0.4, 0.5) is 26.4 Å². The molecule has 19 nitrogen and oxygen atoms in total. The molecule has 0 bridgehead atoms. The monoisotopic (exact) mass is 996 g/mol. The van der Waals surface area contributed by atoms with Crippen molar-refractivity contribution in [2.75, 3.05) is 56.6 Å². The second-order valence-corrected chi connectivity index (χ2v) is 21.9. The summed E-state index contributed by atoms with van der Waals surface area (Å²) in [5.41, 5.74) is 7.75. The van der Waals surface area contributed by atoms with Crippen LogP contribution in [0.5, 0.6) is 17.4 Å². The standard InChI is InChI=1S/C50H61FN10O9S/c1-30(2)35-7-5-6-8-36(35)41-29-59(48(52)63)19-20-60(41)33-24-50(25-33)15-17-58(18-16-50)32-9-10-37(42(21-32)70-43-23-38-39(51)28-55-44(38)56-47(43)69-4)46(62)57-71(67,68)34-22-40(61(65)66)45(54-27-34)53-26-31-11-13-49(3,64)14-12-31/h5-10,21-23,27-28,30-31,33,41,64H,11-20,24-26,29H2,1-4H3,(H2,52,63)(H,53,54)(H,55,56)(H,57,62)/t31?,41-,49?/m0/s1. The van der Waals surface area contributed by atoms with Crippen LogP contribution < -0.4 is 30.1 Å². The number of aromatic nitrogens is 3. The zero-order chi connectivity index (χ0) is 50.4. The van der Waals surface area contributed by atoms with E-state index in [9.17, 15) is 37.6 Å². The molecule has 5 aromatic rings. The maximum atomic E-state index is 14.8.